The van der Waals surface area contributed by atoms with E-state index in [9.17, 15) is 4.79 Å². The van der Waals surface area contributed by atoms with Gasteiger partial charge in [0.15, 0.2) is 4.34 Å². The molecule has 1 aliphatic rings. The Kier molecular flexibility index (Phi) is 4.06. The number of amides is 1. The molecule has 0 bridgehead atoms. The van der Waals surface area contributed by atoms with Crippen LogP contribution in [0, 0.1) is 0 Å². The van der Waals surface area contributed by atoms with Gasteiger partial charge < -0.3 is 4.90 Å². The highest BCUT2D eigenvalue weighted by Crippen LogP contribution is 2.35. The number of likely N-dealkylation sites (tertiary alicyclic amines) is 1. The van der Waals surface area contributed by atoms with Crippen molar-refractivity contribution in [3.05, 3.63) is 60.2 Å². The number of hydrogen-bond donors (Lipinski definition) is 0. The van der Waals surface area contributed by atoms with Crippen molar-refractivity contribution in [2.75, 3.05) is 12.3 Å². The third-order valence-electron chi connectivity index (χ3n) is 4.12. The van der Waals surface area contributed by atoms with Gasteiger partial charge >= 0.3 is 0 Å². The van der Waals surface area contributed by atoms with E-state index < -0.39 is 0 Å². The molecule has 3 nitrogen and oxygen atoms in total. The number of rotatable bonds is 4. The second-order valence-corrected chi connectivity index (χ2v) is 7.79. The highest BCUT2D eigenvalue weighted by molar-refractivity contribution is 8.01. The number of hydrogen-bond acceptors (Lipinski definition) is 4. The summed E-state index contributed by atoms with van der Waals surface area (Å²) in [5, 5.41) is 0. The first-order valence-electron chi connectivity index (χ1n) is 7.64. The lowest BCUT2D eigenvalue weighted by Crippen LogP contribution is -2.45. The molecule has 2 heterocycles. The second kappa shape index (κ2) is 6.34. The van der Waals surface area contributed by atoms with Crippen LogP contribution in [0.2, 0.25) is 0 Å². The summed E-state index contributed by atoms with van der Waals surface area (Å²) in [6.07, 6.45) is 1.06. The van der Waals surface area contributed by atoms with Gasteiger partial charge in [0.2, 0.25) is 5.91 Å². The number of benzene rings is 2. The lowest BCUT2D eigenvalue weighted by Gasteiger charge is -2.41. The van der Waals surface area contributed by atoms with Gasteiger partial charge in [-0.1, -0.05) is 54.2 Å². The van der Waals surface area contributed by atoms with Gasteiger partial charge in [0.1, 0.15) is 0 Å². The molecule has 0 aliphatic carbocycles. The fourth-order valence-electron chi connectivity index (χ4n) is 2.83. The van der Waals surface area contributed by atoms with Crippen molar-refractivity contribution >= 4 is 39.2 Å². The third-order valence-corrected chi connectivity index (χ3v) is 6.28. The molecule has 1 aromatic heterocycles. The molecule has 116 valence electrons. The number of carbonyl (C=O) groups excluding carboxylic acids is 1. The first-order valence-corrected chi connectivity index (χ1v) is 9.44. The fourth-order valence-corrected chi connectivity index (χ4v) is 4.78. The van der Waals surface area contributed by atoms with Gasteiger partial charge in [-0.2, -0.15) is 0 Å². The topological polar surface area (TPSA) is 33.2 Å². The van der Waals surface area contributed by atoms with Gasteiger partial charge in [0.25, 0.3) is 0 Å². The number of nitrogens with zero attached hydrogens (tertiary/aromatic N) is 2. The van der Waals surface area contributed by atoms with Crippen LogP contribution in [-0.4, -0.2) is 28.1 Å². The van der Waals surface area contributed by atoms with E-state index in [0.29, 0.717) is 5.75 Å². The van der Waals surface area contributed by atoms with Crippen LogP contribution in [-0.2, 0) is 4.79 Å². The van der Waals surface area contributed by atoms with Gasteiger partial charge in [0, 0.05) is 6.54 Å². The molecule has 1 fully saturated rings. The molecule has 0 unspecified atom stereocenters. The number of carbonyl (C=O) groups is 1. The standard InChI is InChI=1S/C18H16N2OS2/c21-17(20-11-10-15(20)13-6-2-1-3-7-13)12-22-18-19-14-8-4-5-9-16(14)23-18/h1-9,15H,10-12H2/t15-/m1/s1. The van der Waals surface area contributed by atoms with Crippen molar-refractivity contribution in [2.45, 2.75) is 16.8 Å². The zero-order valence-electron chi connectivity index (χ0n) is 12.5. The zero-order chi connectivity index (χ0) is 15.6. The molecule has 0 radical (unpaired) electrons. The van der Waals surface area contributed by atoms with Crippen LogP contribution in [0.3, 0.4) is 0 Å². The van der Waals surface area contributed by atoms with E-state index in [-0.39, 0.29) is 11.9 Å². The molecule has 1 atom stereocenters. The number of thiazole rings is 1. The van der Waals surface area contributed by atoms with Crippen molar-refractivity contribution in [2.24, 2.45) is 0 Å². The predicted molar refractivity (Wildman–Crippen MR) is 95.9 cm³/mol. The molecule has 1 saturated heterocycles. The van der Waals surface area contributed by atoms with Crippen molar-refractivity contribution in [3.8, 4) is 0 Å². The first-order chi connectivity index (χ1) is 11.3. The average molecular weight is 340 g/mol. The number of thioether (sulfide) groups is 1. The van der Waals surface area contributed by atoms with Gasteiger partial charge in [-0.3, -0.25) is 4.79 Å². The molecule has 0 N–H and O–H groups in total. The fraction of sp³-hybridized carbons (Fsp3) is 0.222. The third kappa shape index (κ3) is 2.99. The monoisotopic (exact) mass is 340 g/mol. The molecular formula is C18H16N2OS2. The Morgan fingerprint density at radius 3 is 2.70 bits per heavy atom. The SMILES string of the molecule is O=C(CSc1nc2ccccc2s1)N1CC[C@@H]1c1ccccc1. The molecule has 0 saturated carbocycles. The molecule has 4 rings (SSSR count). The minimum Gasteiger partial charge on any atom is -0.335 e. The maximum Gasteiger partial charge on any atom is 0.233 e. The smallest absolute Gasteiger partial charge is 0.233 e. The van der Waals surface area contributed by atoms with E-state index in [4.69, 9.17) is 0 Å². The van der Waals surface area contributed by atoms with E-state index in [1.54, 1.807) is 23.1 Å². The summed E-state index contributed by atoms with van der Waals surface area (Å²) >= 11 is 3.20. The second-order valence-electron chi connectivity index (χ2n) is 5.54. The highest BCUT2D eigenvalue weighted by atomic mass is 32.2. The van der Waals surface area contributed by atoms with Gasteiger partial charge in [0.05, 0.1) is 22.0 Å². The Balaban J connectivity index is 1.40. The summed E-state index contributed by atoms with van der Waals surface area (Å²) in [7, 11) is 0. The summed E-state index contributed by atoms with van der Waals surface area (Å²) in [6.45, 7) is 0.860. The maximum atomic E-state index is 12.5. The molecule has 0 spiro atoms. The molecule has 1 amide bonds. The van der Waals surface area contributed by atoms with Crippen molar-refractivity contribution < 1.29 is 4.79 Å². The zero-order valence-corrected chi connectivity index (χ0v) is 14.1. The van der Waals surface area contributed by atoms with Crippen LogP contribution in [0.15, 0.2) is 58.9 Å². The summed E-state index contributed by atoms with van der Waals surface area (Å²) < 4.78 is 2.14. The summed E-state index contributed by atoms with van der Waals surface area (Å²) in [6, 6.07) is 18.6. The normalized spacial score (nSPS) is 17.2. The summed E-state index contributed by atoms with van der Waals surface area (Å²) in [5.74, 6) is 0.665. The van der Waals surface area contributed by atoms with E-state index in [1.807, 2.05) is 41.3 Å². The molecule has 2 aromatic carbocycles. The average Bonchev–Trinajstić information content (AvgIpc) is 2.96. The highest BCUT2D eigenvalue weighted by Gasteiger charge is 2.32. The maximum absolute atomic E-state index is 12.5. The van der Waals surface area contributed by atoms with E-state index in [2.05, 4.69) is 23.2 Å². The Hall–Kier alpha value is -1.85. The molecule has 1 aliphatic heterocycles. The van der Waals surface area contributed by atoms with Gasteiger partial charge in [-0.05, 0) is 24.1 Å². The number of fused-ring (bicyclic) bond motifs is 1. The number of para-hydroxylation sites is 1. The minimum atomic E-state index is 0.203. The Labute approximate surface area is 143 Å². The van der Waals surface area contributed by atoms with Crippen LogP contribution < -0.4 is 0 Å². The molecule has 5 heteroatoms. The largest absolute Gasteiger partial charge is 0.335 e. The van der Waals surface area contributed by atoms with Crippen LogP contribution in [0.4, 0.5) is 0 Å². The summed E-state index contributed by atoms with van der Waals surface area (Å²) in [5.41, 5.74) is 2.25. The van der Waals surface area contributed by atoms with Gasteiger partial charge in [-0.15, -0.1) is 11.3 Å². The van der Waals surface area contributed by atoms with E-state index >= 15 is 0 Å². The predicted octanol–water partition coefficient (Wildman–Crippen LogP) is 4.36. The van der Waals surface area contributed by atoms with Gasteiger partial charge in [-0.25, -0.2) is 4.98 Å². The molecular weight excluding hydrogens is 324 g/mol. The van der Waals surface area contributed by atoms with Crippen LogP contribution in [0.25, 0.3) is 10.2 Å². The Morgan fingerprint density at radius 1 is 1.17 bits per heavy atom. The van der Waals surface area contributed by atoms with Crippen molar-refractivity contribution in [3.63, 3.8) is 0 Å². The quantitative estimate of drug-likeness (QED) is 0.662. The summed E-state index contributed by atoms with van der Waals surface area (Å²) in [4.78, 5) is 19.0. The van der Waals surface area contributed by atoms with E-state index in [1.165, 1.54) is 10.3 Å². The lowest BCUT2D eigenvalue weighted by atomic mass is 9.95. The lowest BCUT2D eigenvalue weighted by molar-refractivity contribution is -0.136. The van der Waals surface area contributed by atoms with E-state index in [0.717, 1.165) is 22.8 Å². The van der Waals surface area contributed by atoms with Crippen molar-refractivity contribution in [1.82, 2.24) is 9.88 Å². The molecule has 3 aromatic rings. The molecule has 23 heavy (non-hydrogen) atoms. The Morgan fingerprint density at radius 2 is 1.96 bits per heavy atom. The van der Waals surface area contributed by atoms with Crippen LogP contribution >= 0.6 is 23.1 Å². The van der Waals surface area contributed by atoms with Crippen molar-refractivity contribution in [1.29, 1.82) is 0 Å². The minimum absolute atomic E-state index is 0.203. The number of aromatic nitrogens is 1. The van der Waals surface area contributed by atoms with Crippen LogP contribution in [0.5, 0.6) is 0 Å². The van der Waals surface area contributed by atoms with Crippen LogP contribution in [0.1, 0.15) is 18.0 Å². The Bertz CT molecular complexity index is 798. The first kappa shape index (κ1) is 14.7.